The molecule has 0 unspecified atom stereocenters. The largest absolute Gasteiger partial charge is 0.383 e. The molecule has 0 radical (unpaired) electrons. The third-order valence-electron chi connectivity index (χ3n) is 2.66. The van der Waals surface area contributed by atoms with Crippen LogP contribution in [0, 0.1) is 5.82 Å². The van der Waals surface area contributed by atoms with E-state index in [0.29, 0.717) is 24.2 Å². The molecule has 0 N–H and O–H groups in total. The average Bonchev–Trinajstić information content (AvgIpc) is 2.30. The van der Waals surface area contributed by atoms with Gasteiger partial charge in [0.1, 0.15) is 5.82 Å². The number of rotatable bonds is 6. The topological polar surface area (TPSA) is 12.5 Å². The van der Waals surface area contributed by atoms with Gasteiger partial charge in [0.25, 0.3) is 0 Å². The predicted octanol–water partition coefficient (Wildman–Crippen LogP) is 3.58. The lowest BCUT2D eigenvalue weighted by Gasteiger charge is -2.30. The molecule has 0 aliphatic heterocycles. The lowest BCUT2D eigenvalue weighted by atomic mass is 10.1. The van der Waals surface area contributed by atoms with Crippen LogP contribution in [0.25, 0.3) is 0 Å². The van der Waals surface area contributed by atoms with Crippen LogP contribution in [0.1, 0.15) is 19.4 Å². The molecule has 1 aromatic carbocycles. The number of anilines is 1. The van der Waals surface area contributed by atoms with Gasteiger partial charge in [0.15, 0.2) is 0 Å². The summed E-state index contributed by atoms with van der Waals surface area (Å²) in [5.41, 5.74) is 1.64. The third-order valence-corrected chi connectivity index (χ3v) is 3.27. The summed E-state index contributed by atoms with van der Waals surface area (Å²) in [6, 6.07) is 5.42. The van der Waals surface area contributed by atoms with Crippen LogP contribution in [0.15, 0.2) is 18.2 Å². The third kappa shape index (κ3) is 3.68. The minimum Gasteiger partial charge on any atom is -0.383 e. The fourth-order valence-electron chi connectivity index (χ4n) is 1.81. The van der Waals surface area contributed by atoms with Gasteiger partial charge in [-0.2, -0.15) is 0 Å². The Labute approximate surface area is 111 Å². The molecule has 0 saturated carbocycles. The Bertz CT molecular complexity index is 357. The van der Waals surface area contributed by atoms with E-state index in [2.05, 4.69) is 29.8 Å². The van der Waals surface area contributed by atoms with Gasteiger partial charge < -0.3 is 9.64 Å². The van der Waals surface area contributed by atoms with E-state index in [0.717, 1.165) is 5.56 Å². The molecule has 0 aromatic heterocycles. The number of ether oxygens (including phenoxy) is 1. The highest BCUT2D eigenvalue weighted by Crippen LogP contribution is 2.27. The summed E-state index contributed by atoms with van der Waals surface area (Å²) in [4.78, 5) is 2.04. The summed E-state index contributed by atoms with van der Waals surface area (Å²) < 4.78 is 19.1. The van der Waals surface area contributed by atoms with Crippen LogP contribution in [0.5, 0.6) is 0 Å². The van der Waals surface area contributed by atoms with Crippen molar-refractivity contribution < 1.29 is 9.13 Å². The molecule has 2 nitrogen and oxygen atoms in total. The first-order chi connectivity index (χ1) is 8.11. The van der Waals surface area contributed by atoms with Crippen LogP contribution in [0.3, 0.4) is 0 Å². The monoisotopic (exact) mass is 303 g/mol. The van der Waals surface area contributed by atoms with E-state index in [1.807, 2.05) is 11.0 Å². The second-order valence-electron chi connectivity index (χ2n) is 4.16. The zero-order valence-electron chi connectivity index (χ0n) is 10.5. The lowest BCUT2D eigenvalue weighted by molar-refractivity contribution is 0.203. The molecule has 0 aliphatic carbocycles. The van der Waals surface area contributed by atoms with Gasteiger partial charge in [-0.05, 0) is 25.5 Å². The number of para-hydroxylation sites is 1. The summed E-state index contributed by atoms with van der Waals surface area (Å²) in [6.07, 6.45) is 0. The van der Waals surface area contributed by atoms with Crippen LogP contribution in [-0.4, -0.2) is 26.3 Å². The van der Waals surface area contributed by atoms with Crippen LogP contribution in [0.2, 0.25) is 0 Å². The van der Waals surface area contributed by atoms with Crippen LogP contribution < -0.4 is 4.90 Å². The molecule has 1 rings (SSSR count). The van der Waals surface area contributed by atoms with Crippen molar-refractivity contribution in [2.24, 2.45) is 0 Å². The molecule has 0 saturated heterocycles. The molecular formula is C13H19BrFNO. The van der Waals surface area contributed by atoms with Crippen molar-refractivity contribution in [1.29, 1.82) is 0 Å². The maximum Gasteiger partial charge on any atom is 0.146 e. The van der Waals surface area contributed by atoms with E-state index in [-0.39, 0.29) is 11.9 Å². The Balaban J connectivity index is 3.07. The van der Waals surface area contributed by atoms with Gasteiger partial charge in [-0.1, -0.05) is 28.1 Å². The fraction of sp³-hybridized carbons (Fsp3) is 0.538. The van der Waals surface area contributed by atoms with Crippen molar-refractivity contribution in [2.75, 3.05) is 25.2 Å². The number of methoxy groups -OCH3 is 1. The Morgan fingerprint density at radius 1 is 1.41 bits per heavy atom. The van der Waals surface area contributed by atoms with Crippen molar-refractivity contribution in [1.82, 2.24) is 0 Å². The van der Waals surface area contributed by atoms with Crippen molar-refractivity contribution in [3.63, 3.8) is 0 Å². The second-order valence-corrected chi connectivity index (χ2v) is 4.72. The Kier molecular flexibility index (Phi) is 5.92. The molecule has 4 heteroatoms. The Morgan fingerprint density at radius 2 is 2.12 bits per heavy atom. The standard InChI is InChI=1S/C13H19BrFNO/c1-10(2)16(7-8-17-3)13-11(9-14)5-4-6-12(13)15/h4-6,10H,7-9H2,1-3H3. The van der Waals surface area contributed by atoms with E-state index in [4.69, 9.17) is 4.74 Å². The van der Waals surface area contributed by atoms with Gasteiger partial charge in [-0.15, -0.1) is 0 Å². The summed E-state index contributed by atoms with van der Waals surface area (Å²) in [5, 5.41) is 0.649. The first-order valence-electron chi connectivity index (χ1n) is 5.70. The second kappa shape index (κ2) is 6.97. The first-order valence-corrected chi connectivity index (χ1v) is 6.82. The Morgan fingerprint density at radius 3 is 2.65 bits per heavy atom. The van der Waals surface area contributed by atoms with Crippen LogP contribution >= 0.6 is 15.9 Å². The van der Waals surface area contributed by atoms with Crippen molar-refractivity contribution in [3.8, 4) is 0 Å². The zero-order chi connectivity index (χ0) is 12.8. The van der Waals surface area contributed by atoms with Gasteiger partial charge in [0.05, 0.1) is 12.3 Å². The van der Waals surface area contributed by atoms with E-state index in [9.17, 15) is 4.39 Å². The first kappa shape index (κ1) is 14.5. The molecule has 0 heterocycles. The molecule has 1 aromatic rings. The van der Waals surface area contributed by atoms with Gasteiger partial charge in [0, 0.05) is 25.0 Å². The smallest absolute Gasteiger partial charge is 0.146 e. The van der Waals surface area contributed by atoms with Crippen molar-refractivity contribution in [2.45, 2.75) is 25.2 Å². The van der Waals surface area contributed by atoms with E-state index >= 15 is 0 Å². The van der Waals surface area contributed by atoms with E-state index < -0.39 is 0 Å². The predicted molar refractivity (Wildman–Crippen MR) is 73.4 cm³/mol. The highest BCUT2D eigenvalue weighted by molar-refractivity contribution is 9.08. The molecule has 0 atom stereocenters. The average molecular weight is 304 g/mol. The molecule has 96 valence electrons. The molecular weight excluding hydrogens is 285 g/mol. The summed E-state index contributed by atoms with van der Waals surface area (Å²) in [6.45, 7) is 5.39. The van der Waals surface area contributed by atoms with E-state index in [1.165, 1.54) is 6.07 Å². The molecule has 0 fully saturated rings. The number of benzene rings is 1. The molecule has 0 bridgehead atoms. The van der Waals surface area contributed by atoms with E-state index in [1.54, 1.807) is 13.2 Å². The zero-order valence-corrected chi connectivity index (χ0v) is 12.1. The highest BCUT2D eigenvalue weighted by Gasteiger charge is 2.17. The van der Waals surface area contributed by atoms with Crippen LogP contribution in [0.4, 0.5) is 10.1 Å². The van der Waals surface area contributed by atoms with Crippen molar-refractivity contribution in [3.05, 3.63) is 29.6 Å². The van der Waals surface area contributed by atoms with Gasteiger partial charge >= 0.3 is 0 Å². The SMILES string of the molecule is COCCN(c1c(F)cccc1CBr)C(C)C. The number of alkyl halides is 1. The van der Waals surface area contributed by atoms with Gasteiger partial charge in [-0.3, -0.25) is 0 Å². The van der Waals surface area contributed by atoms with Crippen molar-refractivity contribution >= 4 is 21.6 Å². The maximum absolute atomic E-state index is 14.0. The fourth-order valence-corrected chi connectivity index (χ4v) is 2.26. The number of nitrogens with zero attached hydrogens (tertiary/aromatic N) is 1. The molecule has 0 spiro atoms. The molecule has 17 heavy (non-hydrogen) atoms. The quantitative estimate of drug-likeness (QED) is 0.745. The Hall–Kier alpha value is -0.610. The summed E-state index contributed by atoms with van der Waals surface area (Å²) >= 11 is 3.40. The number of hydrogen-bond donors (Lipinski definition) is 0. The molecule has 0 amide bonds. The van der Waals surface area contributed by atoms with Gasteiger partial charge in [-0.25, -0.2) is 4.39 Å². The maximum atomic E-state index is 14.0. The highest BCUT2D eigenvalue weighted by atomic mass is 79.9. The minimum absolute atomic E-state index is 0.174. The van der Waals surface area contributed by atoms with Crippen LogP contribution in [-0.2, 0) is 10.1 Å². The normalized spacial score (nSPS) is 10.9. The molecule has 0 aliphatic rings. The van der Waals surface area contributed by atoms with Gasteiger partial charge in [0.2, 0.25) is 0 Å². The number of halogens is 2. The number of hydrogen-bond acceptors (Lipinski definition) is 2. The lowest BCUT2D eigenvalue weighted by Crippen LogP contribution is -2.35. The minimum atomic E-state index is -0.174. The summed E-state index contributed by atoms with van der Waals surface area (Å²) in [7, 11) is 1.66. The summed E-state index contributed by atoms with van der Waals surface area (Å²) in [5.74, 6) is -0.174.